The Kier molecular flexibility index (Phi) is 6.35. The number of amides is 2. The van der Waals surface area contributed by atoms with Gasteiger partial charge in [-0.1, -0.05) is 6.07 Å². The fourth-order valence-corrected chi connectivity index (χ4v) is 3.18. The highest BCUT2D eigenvalue weighted by atomic mass is 16.5. The van der Waals surface area contributed by atoms with E-state index in [-0.39, 0.29) is 6.03 Å². The number of piperazine rings is 1. The molecule has 3 rings (SSSR count). The van der Waals surface area contributed by atoms with Gasteiger partial charge in [0.1, 0.15) is 0 Å². The summed E-state index contributed by atoms with van der Waals surface area (Å²) in [5.41, 5.74) is 2.41. The van der Waals surface area contributed by atoms with Crippen LogP contribution in [0.15, 0.2) is 42.5 Å². The molecule has 1 heterocycles. The molecule has 0 spiro atoms. The van der Waals surface area contributed by atoms with E-state index < -0.39 is 0 Å². The van der Waals surface area contributed by atoms with Crippen molar-refractivity contribution in [3.8, 4) is 17.6 Å². The predicted octanol–water partition coefficient (Wildman–Crippen LogP) is 2.93. The first-order chi connectivity index (χ1) is 13.6. The third-order valence-electron chi connectivity index (χ3n) is 4.78. The first-order valence-electron chi connectivity index (χ1n) is 9.12. The number of carbonyl (C=O) groups excluding carboxylic acids is 1. The van der Waals surface area contributed by atoms with Crippen molar-refractivity contribution in [2.45, 2.75) is 6.54 Å². The number of rotatable bonds is 5. The first kappa shape index (κ1) is 19.5. The molecule has 0 aliphatic carbocycles. The van der Waals surface area contributed by atoms with Crippen LogP contribution < -0.4 is 14.8 Å². The number of urea groups is 1. The van der Waals surface area contributed by atoms with Crippen LogP contribution in [-0.2, 0) is 6.54 Å². The Morgan fingerprint density at radius 1 is 1.04 bits per heavy atom. The van der Waals surface area contributed by atoms with Crippen LogP contribution in [0.5, 0.6) is 11.5 Å². The van der Waals surface area contributed by atoms with E-state index >= 15 is 0 Å². The number of anilines is 1. The lowest BCUT2D eigenvalue weighted by atomic mass is 10.1. The molecule has 7 nitrogen and oxygen atoms in total. The van der Waals surface area contributed by atoms with Gasteiger partial charge in [0.2, 0.25) is 0 Å². The van der Waals surface area contributed by atoms with Gasteiger partial charge >= 0.3 is 6.03 Å². The number of methoxy groups -OCH3 is 2. The van der Waals surface area contributed by atoms with E-state index in [2.05, 4.69) is 16.3 Å². The van der Waals surface area contributed by atoms with E-state index in [1.807, 2.05) is 23.1 Å². The Balaban J connectivity index is 1.51. The van der Waals surface area contributed by atoms with E-state index in [4.69, 9.17) is 14.7 Å². The summed E-state index contributed by atoms with van der Waals surface area (Å²) in [6.45, 7) is 3.72. The lowest BCUT2D eigenvalue weighted by molar-refractivity contribution is 0.143. The second kappa shape index (κ2) is 9.11. The average Bonchev–Trinajstić information content (AvgIpc) is 2.74. The van der Waals surface area contributed by atoms with Gasteiger partial charge in [0.25, 0.3) is 0 Å². The van der Waals surface area contributed by atoms with Crippen LogP contribution in [0.1, 0.15) is 11.1 Å². The number of benzene rings is 2. The molecule has 0 atom stereocenters. The number of hydrogen-bond donors (Lipinski definition) is 1. The van der Waals surface area contributed by atoms with Gasteiger partial charge in [-0.3, -0.25) is 4.90 Å². The summed E-state index contributed by atoms with van der Waals surface area (Å²) in [6.07, 6.45) is 0. The fraction of sp³-hybridized carbons (Fsp3) is 0.333. The number of nitrogens with zero attached hydrogens (tertiary/aromatic N) is 3. The molecule has 1 saturated heterocycles. The van der Waals surface area contributed by atoms with Crippen molar-refractivity contribution in [3.05, 3.63) is 53.6 Å². The summed E-state index contributed by atoms with van der Waals surface area (Å²) < 4.78 is 10.6. The topological polar surface area (TPSA) is 77.8 Å². The van der Waals surface area contributed by atoms with Gasteiger partial charge in [0.05, 0.1) is 25.9 Å². The zero-order chi connectivity index (χ0) is 19.9. The highest BCUT2D eigenvalue weighted by molar-refractivity contribution is 5.89. The van der Waals surface area contributed by atoms with Crippen LogP contribution in [0.25, 0.3) is 0 Å². The summed E-state index contributed by atoms with van der Waals surface area (Å²) in [7, 11) is 3.26. The molecule has 2 aromatic carbocycles. The third kappa shape index (κ3) is 4.72. The molecular weight excluding hydrogens is 356 g/mol. The van der Waals surface area contributed by atoms with Gasteiger partial charge in [-0.05, 0) is 42.0 Å². The summed E-state index contributed by atoms with van der Waals surface area (Å²) >= 11 is 0. The molecule has 28 heavy (non-hydrogen) atoms. The maximum Gasteiger partial charge on any atom is 0.321 e. The quantitative estimate of drug-likeness (QED) is 0.863. The van der Waals surface area contributed by atoms with Gasteiger partial charge in [0.15, 0.2) is 11.5 Å². The summed E-state index contributed by atoms with van der Waals surface area (Å²) in [6, 6.07) is 14.7. The maximum absolute atomic E-state index is 12.4. The monoisotopic (exact) mass is 380 g/mol. The molecule has 7 heteroatoms. The van der Waals surface area contributed by atoms with Crippen molar-refractivity contribution < 1.29 is 14.3 Å². The third-order valence-corrected chi connectivity index (χ3v) is 4.78. The van der Waals surface area contributed by atoms with Crippen LogP contribution in [0, 0.1) is 11.3 Å². The number of nitriles is 1. The molecule has 1 fully saturated rings. The van der Waals surface area contributed by atoms with E-state index in [9.17, 15) is 4.79 Å². The van der Waals surface area contributed by atoms with Crippen molar-refractivity contribution in [2.24, 2.45) is 0 Å². The van der Waals surface area contributed by atoms with Crippen LogP contribution in [0.3, 0.4) is 0 Å². The van der Waals surface area contributed by atoms with Gasteiger partial charge in [-0.15, -0.1) is 0 Å². The minimum Gasteiger partial charge on any atom is -0.493 e. The Morgan fingerprint density at radius 3 is 2.32 bits per heavy atom. The number of carbonyl (C=O) groups is 1. The molecule has 0 saturated carbocycles. The molecule has 1 aliphatic rings. The zero-order valence-electron chi connectivity index (χ0n) is 16.1. The number of nitrogens with one attached hydrogen (secondary N) is 1. The lowest BCUT2D eigenvalue weighted by Gasteiger charge is -2.34. The van der Waals surface area contributed by atoms with E-state index in [0.717, 1.165) is 36.7 Å². The average molecular weight is 380 g/mol. The van der Waals surface area contributed by atoms with Gasteiger partial charge in [-0.25, -0.2) is 4.79 Å². The van der Waals surface area contributed by atoms with E-state index in [1.54, 1.807) is 38.5 Å². The minimum atomic E-state index is -0.115. The molecule has 0 radical (unpaired) electrons. The van der Waals surface area contributed by atoms with Gasteiger partial charge < -0.3 is 19.7 Å². The summed E-state index contributed by atoms with van der Waals surface area (Å²) in [5.74, 6) is 1.44. The summed E-state index contributed by atoms with van der Waals surface area (Å²) in [4.78, 5) is 16.6. The van der Waals surface area contributed by atoms with Crippen LogP contribution in [0.4, 0.5) is 10.5 Å². The first-order valence-corrected chi connectivity index (χ1v) is 9.12. The smallest absolute Gasteiger partial charge is 0.321 e. The Hall–Kier alpha value is -3.24. The standard InChI is InChI=1S/C21H24N4O3/c1-27-19-8-5-17(13-20(19)28-2)15-24-9-11-25(12-10-24)21(26)23-18-6-3-16(14-22)4-7-18/h3-8,13H,9-12,15H2,1-2H3,(H,23,26). The highest BCUT2D eigenvalue weighted by Gasteiger charge is 2.21. The van der Waals surface area contributed by atoms with Crippen molar-refractivity contribution in [3.63, 3.8) is 0 Å². The molecule has 1 N–H and O–H groups in total. The van der Waals surface area contributed by atoms with Gasteiger partial charge in [0, 0.05) is 38.4 Å². The summed E-state index contributed by atoms with van der Waals surface area (Å²) in [5, 5.41) is 11.7. The Morgan fingerprint density at radius 2 is 1.71 bits per heavy atom. The molecule has 0 aromatic heterocycles. The molecule has 2 aromatic rings. The molecular formula is C21H24N4O3. The fourth-order valence-electron chi connectivity index (χ4n) is 3.18. The SMILES string of the molecule is COc1ccc(CN2CCN(C(=O)Nc3ccc(C#N)cc3)CC2)cc1OC. The van der Waals surface area contributed by atoms with Crippen molar-refractivity contribution in [1.29, 1.82) is 5.26 Å². The van der Waals surface area contributed by atoms with E-state index in [1.165, 1.54) is 0 Å². The van der Waals surface area contributed by atoms with Crippen molar-refractivity contribution in [1.82, 2.24) is 9.80 Å². The maximum atomic E-state index is 12.4. The van der Waals surface area contributed by atoms with E-state index in [0.29, 0.717) is 24.3 Å². The largest absolute Gasteiger partial charge is 0.493 e. The van der Waals surface area contributed by atoms with Crippen molar-refractivity contribution in [2.75, 3.05) is 45.7 Å². The normalized spacial score (nSPS) is 14.2. The minimum absolute atomic E-state index is 0.115. The molecule has 146 valence electrons. The predicted molar refractivity (Wildman–Crippen MR) is 107 cm³/mol. The number of hydrogen-bond acceptors (Lipinski definition) is 5. The van der Waals surface area contributed by atoms with Crippen LogP contribution in [0.2, 0.25) is 0 Å². The Bertz CT molecular complexity index is 853. The lowest BCUT2D eigenvalue weighted by Crippen LogP contribution is -2.49. The second-order valence-corrected chi connectivity index (χ2v) is 6.57. The zero-order valence-corrected chi connectivity index (χ0v) is 16.1. The number of ether oxygens (including phenoxy) is 2. The molecule has 0 bridgehead atoms. The molecule has 1 aliphatic heterocycles. The van der Waals surface area contributed by atoms with Crippen LogP contribution >= 0.6 is 0 Å². The molecule has 2 amide bonds. The van der Waals surface area contributed by atoms with Gasteiger partial charge in [-0.2, -0.15) is 5.26 Å². The molecule has 0 unspecified atom stereocenters. The van der Waals surface area contributed by atoms with Crippen molar-refractivity contribution >= 4 is 11.7 Å². The highest BCUT2D eigenvalue weighted by Crippen LogP contribution is 2.28. The van der Waals surface area contributed by atoms with Crippen LogP contribution in [-0.4, -0.2) is 56.2 Å². The Labute approximate surface area is 165 Å². The second-order valence-electron chi connectivity index (χ2n) is 6.57.